The van der Waals surface area contributed by atoms with Crippen LogP contribution in [0.3, 0.4) is 0 Å². The second-order valence-electron chi connectivity index (χ2n) is 8.19. The lowest BCUT2D eigenvalue weighted by Crippen LogP contribution is -2.69. The molecule has 2 atom stereocenters. The number of halogens is 1. The fourth-order valence-electron chi connectivity index (χ4n) is 4.52. The summed E-state index contributed by atoms with van der Waals surface area (Å²) in [6.45, 7) is 5.73. The number of amides is 2. The molecule has 4 rings (SSSR count). The summed E-state index contributed by atoms with van der Waals surface area (Å²) in [6.07, 6.45) is 0.911. The Kier molecular flexibility index (Phi) is 3.84. The minimum atomic E-state index is -0.980. The molecule has 2 aromatic rings. The first-order chi connectivity index (χ1) is 12.7. The van der Waals surface area contributed by atoms with Crippen molar-refractivity contribution < 1.29 is 19.0 Å². The van der Waals surface area contributed by atoms with E-state index in [1.165, 1.54) is 12.1 Å². The Hall–Kier alpha value is -2.76. The summed E-state index contributed by atoms with van der Waals surface area (Å²) in [5, 5.41) is 15.9. The van der Waals surface area contributed by atoms with Crippen LogP contribution < -0.4 is 15.4 Å². The van der Waals surface area contributed by atoms with Crippen LogP contribution in [0.25, 0.3) is 0 Å². The van der Waals surface area contributed by atoms with Crippen LogP contribution in [0.5, 0.6) is 11.5 Å². The Bertz CT molecular complexity index is 928. The maximum atomic E-state index is 14.7. The van der Waals surface area contributed by atoms with Crippen LogP contribution in [0.1, 0.15) is 49.3 Å². The van der Waals surface area contributed by atoms with Gasteiger partial charge in [0.1, 0.15) is 17.3 Å². The molecule has 0 saturated carbocycles. The summed E-state index contributed by atoms with van der Waals surface area (Å²) in [7, 11) is 0. The van der Waals surface area contributed by atoms with Crippen molar-refractivity contribution in [2.24, 2.45) is 0 Å². The predicted molar refractivity (Wildman–Crippen MR) is 99.4 cm³/mol. The van der Waals surface area contributed by atoms with E-state index >= 15 is 0 Å². The number of phenolic OH excluding ortho intramolecular Hbond substituents is 1. The van der Waals surface area contributed by atoms with E-state index < -0.39 is 11.3 Å². The molecule has 6 heteroatoms. The summed E-state index contributed by atoms with van der Waals surface area (Å²) in [5.74, 6) is -0.0395. The lowest BCUT2D eigenvalue weighted by atomic mass is 9.76. The van der Waals surface area contributed by atoms with E-state index in [2.05, 4.69) is 10.6 Å². The monoisotopic (exact) mass is 370 g/mol. The van der Waals surface area contributed by atoms with Gasteiger partial charge in [0.2, 0.25) is 0 Å². The van der Waals surface area contributed by atoms with Crippen molar-refractivity contribution in [1.82, 2.24) is 10.6 Å². The summed E-state index contributed by atoms with van der Waals surface area (Å²) in [6, 6.07) is 9.55. The van der Waals surface area contributed by atoms with Gasteiger partial charge in [0.15, 0.2) is 5.72 Å². The number of aromatic hydroxyl groups is 1. The number of aryl methyl sites for hydroxylation is 1. The third-order valence-corrected chi connectivity index (χ3v) is 5.32. The van der Waals surface area contributed by atoms with Crippen molar-refractivity contribution in [3.05, 3.63) is 58.9 Å². The molecule has 0 aliphatic carbocycles. The second kappa shape index (κ2) is 5.87. The van der Waals surface area contributed by atoms with Crippen LogP contribution in [-0.4, -0.2) is 22.4 Å². The summed E-state index contributed by atoms with van der Waals surface area (Å²) < 4.78 is 20.9. The van der Waals surface area contributed by atoms with Gasteiger partial charge in [-0.2, -0.15) is 0 Å². The molecule has 3 N–H and O–H groups in total. The maximum absolute atomic E-state index is 14.7. The number of ether oxygens (including phenoxy) is 1. The van der Waals surface area contributed by atoms with Crippen molar-refractivity contribution in [1.29, 1.82) is 0 Å². The average molecular weight is 370 g/mol. The number of phenols is 1. The molecule has 27 heavy (non-hydrogen) atoms. The van der Waals surface area contributed by atoms with E-state index in [9.17, 15) is 14.3 Å². The molecule has 142 valence electrons. The van der Waals surface area contributed by atoms with E-state index in [1.807, 2.05) is 20.8 Å². The van der Waals surface area contributed by atoms with Gasteiger partial charge in [0.05, 0.1) is 0 Å². The van der Waals surface area contributed by atoms with Crippen molar-refractivity contribution in [2.45, 2.75) is 50.8 Å². The molecule has 2 amide bonds. The number of hydrogen-bond acceptors (Lipinski definition) is 3. The molecule has 0 bridgehead atoms. The summed E-state index contributed by atoms with van der Waals surface area (Å²) in [4.78, 5) is 12.3. The molecule has 1 spiro atoms. The zero-order valence-electron chi connectivity index (χ0n) is 15.6. The molecule has 0 aromatic heterocycles. The second-order valence-corrected chi connectivity index (χ2v) is 8.19. The van der Waals surface area contributed by atoms with E-state index in [0.717, 1.165) is 11.1 Å². The molecule has 1 saturated heterocycles. The minimum Gasteiger partial charge on any atom is -0.508 e. The first-order valence-corrected chi connectivity index (χ1v) is 9.05. The SMILES string of the molecule is Cc1cc(O)cc2c1[C@@H](c1ccccc1F)C[C@@]1(CC(C)(C)NC(=O)N1)O2. The molecular formula is C21H23FN2O3. The largest absolute Gasteiger partial charge is 0.508 e. The minimum absolute atomic E-state index is 0.0788. The fraction of sp³-hybridized carbons (Fsp3) is 0.381. The highest BCUT2D eigenvalue weighted by Gasteiger charge is 2.50. The van der Waals surface area contributed by atoms with E-state index in [4.69, 9.17) is 4.74 Å². The van der Waals surface area contributed by atoms with Crippen molar-refractivity contribution in [3.8, 4) is 11.5 Å². The third-order valence-electron chi connectivity index (χ3n) is 5.32. The highest BCUT2D eigenvalue weighted by atomic mass is 19.1. The average Bonchev–Trinajstić information content (AvgIpc) is 2.51. The van der Waals surface area contributed by atoms with Crippen LogP contribution in [-0.2, 0) is 0 Å². The number of carbonyl (C=O) groups excluding carboxylic acids is 1. The molecular weight excluding hydrogens is 347 g/mol. The number of benzene rings is 2. The first-order valence-electron chi connectivity index (χ1n) is 9.05. The molecule has 1 fully saturated rings. The number of rotatable bonds is 1. The molecule has 2 aromatic carbocycles. The van der Waals surface area contributed by atoms with Crippen LogP contribution in [0.2, 0.25) is 0 Å². The molecule has 0 unspecified atom stereocenters. The van der Waals surface area contributed by atoms with Crippen LogP contribution in [0.4, 0.5) is 9.18 Å². The summed E-state index contributed by atoms with van der Waals surface area (Å²) >= 11 is 0. The number of carbonyl (C=O) groups is 1. The third kappa shape index (κ3) is 3.09. The Labute approximate surface area is 157 Å². The number of urea groups is 1. The van der Waals surface area contributed by atoms with Gasteiger partial charge in [-0.15, -0.1) is 0 Å². The zero-order chi connectivity index (χ0) is 19.4. The predicted octanol–water partition coefficient (Wildman–Crippen LogP) is 3.93. The smallest absolute Gasteiger partial charge is 0.318 e. The fourth-order valence-corrected chi connectivity index (χ4v) is 4.52. The highest BCUT2D eigenvalue weighted by Crippen LogP contribution is 2.49. The highest BCUT2D eigenvalue weighted by molar-refractivity contribution is 5.77. The van der Waals surface area contributed by atoms with Crippen molar-refractivity contribution in [3.63, 3.8) is 0 Å². The molecule has 0 radical (unpaired) electrons. The van der Waals surface area contributed by atoms with Gasteiger partial charge in [0.25, 0.3) is 0 Å². The quantitative estimate of drug-likeness (QED) is 0.712. The van der Waals surface area contributed by atoms with Crippen molar-refractivity contribution >= 4 is 6.03 Å². The molecule has 2 aliphatic rings. The van der Waals surface area contributed by atoms with Crippen LogP contribution in [0.15, 0.2) is 36.4 Å². The van der Waals surface area contributed by atoms with Crippen LogP contribution in [0, 0.1) is 12.7 Å². The standard InChI is InChI=1S/C21H23FN2O3/c1-12-8-13(25)9-17-18(12)15(14-6-4-5-7-16(14)22)10-21(27-17)11-20(2,3)23-19(26)24-21/h4-9,15,25H,10-11H2,1-3H3,(H2,23,24,26)/t15-,21+/m1/s1. The maximum Gasteiger partial charge on any atom is 0.318 e. The molecule has 5 nitrogen and oxygen atoms in total. The Morgan fingerprint density at radius 2 is 1.96 bits per heavy atom. The number of nitrogens with one attached hydrogen (secondary N) is 2. The van der Waals surface area contributed by atoms with Gasteiger partial charge < -0.3 is 20.5 Å². The van der Waals surface area contributed by atoms with Gasteiger partial charge in [0, 0.05) is 35.9 Å². The van der Waals surface area contributed by atoms with E-state index in [-0.39, 0.29) is 23.5 Å². The summed E-state index contributed by atoms with van der Waals surface area (Å²) in [5.41, 5.74) is 0.764. The number of hydrogen-bond donors (Lipinski definition) is 3. The van der Waals surface area contributed by atoms with Gasteiger partial charge in [-0.3, -0.25) is 0 Å². The first kappa shape index (κ1) is 17.6. The molecule has 2 aliphatic heterocycles. The topological polar surface area (TPSA) is 70.6 Å². The van der Waals surface area contributed by atoms with Gasteiger partial charge >= 0.3 is 6.03 Å². The van der Waals surface area contributed by atoms with E-state index in [0.29, 0.717) is 24.2 Å². The normalized spacial score (nSPS) is 25.9. The van der Waals surface area contributed by atoms with Gasteiger partial charge in [-0.25, -0.2) is 9.18 Å². The lowest BCUT2D eigenvalue weighted by molar-refractivity contribution is -0.0239. The Balaban J connectivity index is 1.89. The number of fused-ring (bicyclic) bond motifs is 1. The van der Waals surface area contributed by atoms with Crippen molar-refractivity contribution in [2.75, 3.05) is 0 Å². The Morgan fingerprint density at radius 3 is 2.67 bits per heavy atom. The van der Waals surface area contributed by atoms with Gasteiger partial charge in [-0.05, 0) is 44.0 Å². The van der Waals surface area contributed by atoms with Gasteiger partial charge in [-0.1, -0.05) is 18.2 Å². The zero-order valence-corrected chi connectivity index (χ0v) is 15.6. The lowest BCUT2D eigenvalue weighted by Gasteiger charge is -2.49. The van der Waals surface area contributed by atoms with E-state index in [1.54, 1.807) is 24.3 Å². The molecule has 2 heterocycles. The van der Waals surface area contributed by atoms with Crippen LogP contribution >= 0.6 is 0 Å². The Morgan fingerprint density at radius 1 is 1.22 bits per heavy atom.